The molecule has 0 aliphatic carbocycles. The van der Waals surface area contributed by atoms with Gasteiger partial charge in [-0.25, -0.2) is 9.78 Å². The summed E-state index contributed by atoms with van der Waals surface area (Å²) in [5.74, 6) is 0. The van der Waals surface area contributed by atoms with Crippen LogP contribution in [0.5, 0.6) is 0 Å². The van der Waals surface area contributed by atoms with Gasteiger partial charge in [0.2, 0.25) is 0 Å². The number of nitrogens with zero attached hydrogens (tertiary/aromatic N) is 1. The van der Waals surface area contributed by atoms with E-state index in [-0.39, 0.29) is 13.2 Å². The predicted molar refractivity (Wildman–Crippen MR) is 50.1 cm³/mol. The monoisotopic (exact) mass is 209 g/mol. The van der Waals surface area contributed by atoms with Crippen LogP contribution in [0.2, 0.25) is 0 Å². The highest BCUT2D eigenvalue weighted by Crippen LogP contribution is 1.89. The molecule has 6 nitrogen and oxygen atoms in total. The lowest BCUT2D eigenvalue weighted by molar-refractivity contribution is -0.251. The number of hydrogen-bond donors (Lipinski definition) is 2. The number of hydrogen-bond acceptors (Lipinski definition) is 6. The van der Waals surface area contributed by atoms with Crippen LogP contribution in [0.4, 0.5) is 0 Å². The van der Waals surface area contributed by atoms with Crippen LogP contribution in [-0.4, -0.2) is 61.5 Å². The van der Waals surface area contributed by atoms with E-state index in [1.807, 2.05) is 11.8 Å². The molecular weight excluding hydrogens is 190 g/mol. The lowest BCUT2D eigenvalue weighted by Gasteiger charge is -2.20. The minimum atomic E-state index is 0.234. The molecule has 0 aromatic rings. The zero-order valence-electron chi connectivity index (χ0n) is 8.52. The molecule has 0 aromatic heterocycles. The van der Waals surface area contributed by atoms with E-state index in [4.69, 9.17) is 15.3 Å². The van der Waals surface area contributed by atoms with E-state index in [0.717, 1.165) is 6.54 Å². The molecule has 0 aliphatic rings. The van der Waals surface area contributed by atoms with Gasteiger partial charge in [0.15, 0.2) is 0 Å². The molecule has 0 saturated heterocycles. The summed E-state index contributed by atoms with van der Waals surface area (Å²) in [5.41, 5.74) is 0. The molecule has 2 N–H and O–H groups in total. The molecule has 0 amide bonds. The van der Waals surface area contributed by atoms with Crippen LogP contribution in [0.3, 0.4) is 0 Å². The predicted octanol–water partition coefficient (Wildman–Crippen LogP) is 0.304. The van der Waals surface area contributed by atoms with Crippen LogP contribution >= 0.6 is 0 Å². The first-order valence-electron chi connectivity index (χ1n) is 4.68. The lowest BCUT2D eigenvalue weighted by atomic mass is 10.4. The zero-order valence-corrected chi connectivity index (χ0v) is 8.52. The maximum Gasteiger partial charge on any atom is 0.0946 e. The highest BCUT2D eigenvalue weighted by Gasteiger charge is 2.04. The maximum absolute atomic E-state index is 8.17. The van der Waals surface area contributed by atoms with Crippen molar-refractivity contribution in [2.24, 2.45) is 0 Å². The molecule has 0 fully saturated rings. The standard InChI is InChI=1S/C8H19NO5/c1-2-12-6-3-9(4-7-13-10)5-8-14-11/h10-11H,2-8H2,1H3. The molecule has 0 aliphatic heterocycles. The Balaban J connectivity index is 3.49. The molecular formula is C8H19NO5. The summed E-state index contributed by atoms with van der Waals surface area (Å²) in [6.45, 7) is 5.57. The summed E-state index contributed by atoms with van der Waals surface area (Å²) in [7, 11) is 0. The molecule has 0 saturated carbocycles. The van der Waals surface area contributed by atoms with Crippen LogP contribution in [0.15, 0.2) is 0 Å². The Kier molecular flexibility index (Phi) is 10.7. The van der Waals surface area contributed by atoms with Gasteiger partial charge in [-0.05, 0) is 6.92 Å². The smallest absolute Gasteiger partial charge is 0.0946 e. The third-order valence-corrected chi connectivity index (χ3v) is 1.75. The fourth-order valence-electron chi connectivity index (χ4n) is 1.01. The fourth-order valence-corrected chi connectivity index (χ4v) is 1.01. The molecule has 0 unspecified atom stereocenters. The summed E-state index contributed by atoms with van der Waals surface area (Å²) in [6, 6.07) is 0. The van der Waals surface area contributed by atoms with E-state index in [1.54, 1.807) is 0 Å². The van der Waals surface area contributed by atoms with Crippen molar-refractivity contribution < 1.29 is 25.0 Å². The van der Waals surface area contributed by atoms with Crippen LogP contribution in [0.25, 0.3) is 0 Å². The van der Waals surface area contributed by atoms with Crippen molar-refractivity contribution in [3.8, 4) is 0 Å². The van der Waals surface area contributed by atoms with E-state index in [9.17, 15) is 0 Å². The van der Waals surface area contributed by atoms with Crippen molar-refractivity contribution in [3.05, 3.63) is 0 Å². The maximum atomic E-state index is 8.17. The second-order valence-corrected chi connectivity index (χ2v) is 2.71. The van der Waals surface area contributed by atoms with Gasteiger partial charge in [0.1, 0.15) is 0 Å². The fraction of sp³-hybridized carbons (Fsp3) is 1.00. The minimum Gasteiger partial charge on any atom is -0.380 e. The van der Waals surface area contributed by atoms with Gasteiger partial charge in [-0.1, -0.05) is 0 Å². The molecule has 14 heavy (non-hydrogen) atoms. The van der Waals surface area contributed by atoms with Crippen molar-refractivity contribution >= 4 is 0 Å². The van der Waals surface area contributed by atoms with E-state index < -0.39 is 0 Å². The Labute approximate surface area is 83.8 Å². The molecule has 0 bridgehead atoms. The van der Waals surface area contributed by atoms with Gasteiger partial charge in [0.25, 0.3) is 0 Å². The molecule has 0 heterocycles. The molecule has 0 spiro atoms. The first kappa shape index (κ1) is 13.8. The third-order valence-electron chi connectivity index (χ3n) is 1.75. The van der Waals surface area contributed by atoms with Gasteiger partial charge in [0, 0.05) is 26.2 Å². The summed E-state index contributed by atoms with van der Waals surface area (Å²) in [5, 5.41) is 16.3. The van der Waals surface area contributed by atoms with E-state index >= 15 is 0 Å². The largest absolute Gasteiger partial charge is 0.380 e. The Morgan fingerprint density at radius 1 is 0.929 bits per heavy atom. The van der Waals surface area contributed by atoms with Gasteiger partial charge in [-0.15, -0.1) is 0 Å². The molecule has 6 heteroatoms. The van der Waals surface area contributed by atoms with Crippen molar-refractivity contribution in [1.82, 2.24) is 4.90 Å². The van der Waals surface area contributed by atoms with Crippen molar-refractivity contribution in [1.29, 1.82) is 0 Å². The van der Waals surface area contributed by atoms with Gasteiger partial charge < -0.3 is 4.74 Å². The zero-order chi connectivity index (χ0) is 10.6. The van der Waals surface area contributed by atoms with E-state index in [2.05, 4.69) is 9.78 Å². The van der Waals surface area contributed by atoms with Crippen molar-refractivity contribution in [3.63, 3.8) is 0 Å². The molecule has 86 valence electrons. The van der Waals surface area contributed by atoms with Crippen LogP contribution in [0.1, 0.15) is 6.92 Å². The van der Waals surface area contributed by atoms with E-state index in [0.29, 0.717) is 26.3 Å². The van der Waals surface area contributed by atoms with Gasteiger partial charge >= 0.3 is 0 Å². The highest BCUT2D eigenvalue weighted by molar-refractivity contribution is 4.55. The quantitative estimate of drug-likeness (QED) is 0.306. The highest BCUT2D eigenvalue weighted by atomic mass is 17.1. The Hall–Kier alpha value is -0.240. The molecule has 0 aromatic carbocycles. The van der Waals surface area contributed by atoms with E-state index in [1.165, 1.54) is 0 Å². The second-order valence-electron chi connectivity index (χ2n) is 2.71. The average molecular weight is 209 g/mol. The second kappa shape index (κ2) is 10.8. The lowest BCUT2D eigenvalue weighted by Crippen LogP contribution is -2.33. The summed E-state index contributed by atoms with van der Waals surface area (Å²) >= 11 is 0. The number of ether oxygens (including phenoxy) is 1. The molecule has 0 radical (unpaired) electrons. The molecule has 0 rings (SSSR count). The Morgan fingerprint density at radius 3 is 1.86 bits per heavy atom. The first-order valence-corrected chi connectivity index (χ1v) is 4.68. The van der Waals surface area contributed by atoms with Gasteiger partial charge in [-0.3, -0.25) is 15.4 Å². The average Bonchev–Trinajstić information content (AvgIpc) is 2.21. The van der Waals surface area contributed by atoms with Crippen LogP contribution < -0.4 is 0 Å². The summed E-state index contributed by atoms with van der Waals surface area (Å²) < 4.78 is 5.18. The third kappa shape index (κ3) is 8.36. The SMILES string of the molecule is CCOCCN(CCOO)CCOO. The first-order chi connectivity index (χ1) is 6.85. The van der Waals surface area contributed by atoms with Crippen LogP contribution in [-0.2, 0) is 14.5 Å². The minimum absolute atomic E-state index is 0.234. The number of rotatable bonds is 10. The van der Waals surface area contributed by atoms with Gasteiger partial charge in [-0.2, -0.15) is 0 Å². The Bertz CT molecular complexity index is 106. The summed E-state index contributed by atoms with van der Waals surface area (Å²) in [6.07, 6.45) is 0. The normalized spacial score (nSPS) is 11.1. The van der Waals surface area contributed by atoms with Crippen molar-refractivity contribution in [2.45, 2.75) is 6.92 Å². The van der Waals surface area contributed by atoms with Crippen LogP contribution in [0, 0.1) is 0 Å². The molecule has 0 atom stereocenters. The van der Waals surface area contributed by atoms with Crippen molar-refractivity contribution in [2.75, 3.05) is 46.1 Å². The summed E-state index contributed by atoms with van der Waals surface area (Å²) in [4.78, 5) is 9.91. The Morgan fingerprint density at radius 2 is 1.43 bits per heavy atom. The topological polar surface area (TPSA) is 71.4 Å². The van der Waals surface area contributed by atoms with Gasteiger partial charge in [0.05, 0.1) is 19.8 Å².